The van der Waals surface area contributed by atoms with Crippen LogP contribution in [0.3, 0.4) is 0 Å². The van der Waals surface area contributed by atoms with Gasteiger partial charge in [0.05, 0.1) is 6.10 Å². The Balaban J connectivity index is 1.45. The van der Waals surface area contributed by atoms with Gasteiger partial charge in [-0.1, -0.05) is 60.7 Å². The predicted molar refractivity (Wildman–Crippen MR) is 93.3 cm³/mol. The molecule has 4 rings (SSSR count). The molecule has 23 heavy (non-hydrogen) atoms. The van der Waals surface area contributed by atoms with Crippen LogP contribution in [0.15, 0.2) is 60.7 Å². The third kappa shape index (κ3) is 3.06. The Morgan fingerprint density at radius 1 is 0.870 bits per heavy atom. The molecule has 0 aliphatic carbocycles. The van der Waals surface area contributed by atoms with Crippen molar-refractivity contribution in [3.63, 3.8) is 0 Å². The van der Waals surface area contributed by atoms with Crippen LogP contribution in [0.2, 0.25) is 0 Å². The number of aliphatic hydroxyl groups excluding tert-OH is 1. The molecular formula is C21H25NO. The van der Waals surface area contributed by atoms with Crippen LogP contribution in [0, 0.1) is 0 Å². The summed E-state index contributed by atoms with van der Waals surface area (Å²) in [7, 11) is 0. The van der Waals surface area contributed by atoms with Crippen molar-refractivity contribution < 1.29 is 5.11 Å². The van der Waals surface area contributed by atoms with Gasteiger partial charge < -0.3 is 5.11 Å². The second-order valence-corrected chi connectivity index (χ2v) is 7.09. The Morgan fingerprint density at radius 3 is 2.04 bits per heavy atom. The fraction of sp³-hybridized carbons (Fsp3) is 0.429. The maximum Gasteiger partial charge on any atom is 0.0917 e. The van der Waals surface area contributed by atoms with Crippen LogP contribution in [-0.4, -0.2) is 28.6 Å². The smallest absolute Gasteiger partial charge is 0.0917 e. The van der Waals surface area contributed by atoms with E-state index in [0.29, 0.717) is 18.0 Å². The Kier molecular flexibility index (Phi) is 4.19. The minimum Gasteiger partial charge on any atom is -0.387 e. The second kappa shape index (κ2) is 6.46. The molecule has 2 saturated heterocycles. The lowest BCUT2D eigenvalue weighted by Crippen LogP contribution is -2.44. The average molecular weight is 307 g/mol. The van der Waals surface area contributed by atoms with Crippen molar-refractivity contribution in [2.75, 3.05) is 6.54 Å². The zero-order chi connectivity index (χ0) is 15.6. The molecule has 2 aliphatic heterocycles. The SMILES string of the molecule is OC(CN1[C@@H]2CC[C@H]1CC(c1ccccc1)C2)c1ccccc1. The van der Waals surface area contributed by atoms with Gasteiger partial charge in [-0.3, -0.25) is 4.90 Å². The summed E-state index contributed by atoms with van der Waals surface area (Å²) in [5.74, 6) is 0.693. The van der Waals surface area contributed by atoms with Crippen LogP contribution >= 0.6 is 0 Å². The van der Waals surface area contributed by atoms with Gasteiger partial charge in [-0.15, -0.1) is 0 Å². The fourth-order valence-corrected chi connectivity index (χ4v) is 4.55. The summed E-state index contributed by atoms with van der Waals surface area (Å²) in [6, 6.07) is 22.3. The highest BCUT2D eigenvalue weighted by Crippen LogP contribution is 2.43. The van der Waals surface area contributed by atoms with Crippen molar-refractivity contribution in [3.8, 4) is 0 Å². The van der Waals surface area contributed by atoms with Crippen LogP contribution in [0.1, 0.15) is 48.8 Å². The fourth-order valence-electron chi connectivity index (χ4n) is 4.55. The number of rotatable bonds is 4. The van der Waals surface area contributed by atoms with Crippen molar-refractivity contribution in [1.29, 1.82) is 0 Å². The van der Waals surface area contributed by atoms with Gasteiger partial charge in [-0.05, 0) is 42.7 Å². The molecule has 2 heterocycles. The van der Waals surface area contributed by atoms with E-state index in [1.165, 1.54) is 31.2 Å². The van der Waals surface area contributed by atoms with E-state index in [1.54, 1.807) is 0 Å². The van der Waals surface area contributed by atoms with E-state index in [0.717, 1.165) is 12.1 Å². The molecule has 2 unspecified atom stereocenters. The van der Waals surface area contributed by atoms with E-state index in [-0.39, 0.29) is 6.10 Å². The zero-order valence-corrected chi connectivity index (χ0v) is 13.5. The number of hydrogen-bond acceptors (Lipinski definition) is 2. The molecule has 2 bridgehead atoms. The van der Waals surface area contributed by atoms with Crippen LogP contribution in [0.5, 0.6) is 0 Å². The lowest BCUT2D eigenvalue weighted by Gasteiger charge is -2.40. The number of benzene rings is 2. The van der Waals surface area contributed by atoms with Crippen molar-refractivity contribution in [2.45, 2.75) is 49.8 Å². The van der Waals surface area contributed by atoms with E-state index in [2.05, 4.69) is 35.2 Å². The topological polar surface area (TPSA) is 23.5 Å². The first kappa shape index (κ1) is 14.9. The highest BCUT2D eigenvalue weighted by Gasteiger charge is 2.41. The second-order valence-electron chi connectivity index (χ2n) is 7.09. The van der Waals surface area contributed by atoms with Crippen molar-refractivity contribution in [2.24, 2.45) is 0 Å². The molecule has 2 aromatic rings. The van der Waals surface area contributed by atoms with Gasteiger partial charge in [0.1, 0.15) is 0 Å². The van der Waals surface area contributed by atoms with Crippen LogP contribution in [-0.2, 0) is 0 Å². The van der Waals surface area contributed by atoms with Crippen molar-refractivity contribution in [3.05, 3.63) is 71.8 Å². The molecule has 2 aliphatic rings. The van der Waals surface area contributed by atoms with Crippen molar-refractivity contribution in [1.82, 2.24) is 4.90 Å². The molecule has 1 N–H and O–H groups in total. The predicted octanol–water partition coefficient (Wildman–Crippen LogP) is 4.13. The lowest BCUT2D eigenvalue weighted by molar-refractivity contribution is 0.0558. The number of nitrogens with zero attached hydrogens (tertiary/aromatic N) is 1. The molecule has 0 aromatic heterocycles. The lowest BCUT2D eigenvalue weighted by atomic mass is 9.85. The molecule has 0 radical (unpaired) electrons. The maximum atomic E-state index is 10.6. The number of fused-ring (bicyclic) bond motifs is 2. The molecule has 0 amide bonds. The van der Waals surface area contributed by atoms with Gasteiger partial charge in [0, 0.05) is 18.6 Å². The first-order chi connectivity index (χ1) is 11.3. The molecule has 2 heteroatoms. The molecule has 0 spiro atoms. The van der Waals surface area contributed by atoms with Crippen molar-refractivity contribution >= 4 is 0 Å². The Labute approximate surface area is 138 Å². The maximum absolute atomic E-state index is 10.6. The van der Waals surface area contributed by atoms with Crippen LogP contribution < -0.4 is 0 Å². The van der Waals surface area contributed by atoms with Gasteiger partial charge in [0.25, 0.3) is 0 Å². The molecule has 4 atom stereocenters. The number of hydrogen-bond donors (Lipinski definition) is 1. The Bertz CT molecular complexity index is 613. The molecule has 0 saturated carbocycles. The first-order valence-electron chi connectivity index (χ1n) is 8.85. The summed E-state index contributed by atoms with van der Waals surface area (Å²) in [4.78, 5) is 2.58. The van der Waals surface area contributed by atoms with Crippen LogP contribution in [0.4, 0.5) is 0 Å². The highest BCUT2D eigenvalue weighted by molar-refractivity contribution is 5.22. The number of piperidine rings is 1. The van der Waals surface area contributed by atoms with Gasteiger partial charge in [-0.2, -0.15) is 0 Å². The largest absolute Gasteiger partial charge is 0.387 e. The summed E-state index contributed by atoms with van der Waals surface area (Å²) in [6.45, 7) is 0.779. The number of aliphatic hydroxyl groups is 1. The quantitative estimate of drug-likeness (QED) is 0.918. The van der Waals surface area contributed by atoms with E-state index in [4.69, 9.17) is 0 Å². The summed E-state index contributed by atoms with van der Waals surface area (Å²) in [6.07, 6.45) is 4.68. The molecule has 2 aromatic carbocycles. The van der Waals surface area contributed by atoms with E-state index < -0.39 is 0 Å². The Hall–Kier alpha value is -1.64. The van der Waals surface area contributed by atoms with Gasteiger partial charge in [0.2, 0.25) is 0 Å². The van der Waals surface area contributed by atoms with E-state index >= 15 is 0 Å². The third-order valence-corrected chi connectivity index (χ3v) is 5.72. The molecule has 120 valence electrons. The average Bonchev–Trinajstić information content (AvgIpc) is 2.84. The van der Waals surface area contributed by atoms with E-state index in [9.17, 15) is 5.11 Å². The minimum atomic E-state index is -0.368. The summed E-state index contributed by atoms with van der Waals surface area (Å²) < 4.78 is 0. The standard InChI is InChI=1S/C21H25NO/c23-21(17-9-5-2-6-10-17)15-22-19-11-12-20(22)14-18(13-19)16-7-3-1-4-8-16/h1-10,18-21,23H,11-15H2/t18?,19-,20+,21?. The molecule has 2 nitrogen and oxygen atoms in total. The normalized spacial score (nSPS) is 28.7. The summed E-state index contributed by atoms with van der Waals surface area (Å²) >= 11 is 0. The minimum absolute atomic E-state index is 0.368. The van der Waals surface area contributed by atoms with Gasteiger partial charge in [0.15, 0.2) is 0 Å². The van der Waals surface area contributed by atoms with Gasteiger partial charge in [-0.25, -0.2) is 0 Å². The third-order valence-electron chi connectivity index (χ3n) is 5.72. The summed E-state index contributed by atoms with van der Waals surface area (Å²) in [5, 5.41) is 10.6. The first-order valence-corrected chi connectivity index (χ1v) is 8.85. The van der Waals surface area contributed by atoms with Crippen LogP contribution in [0.25, 0.3) is 0 Å². The molecule has 2 fully saturated rings. The monoisotopic (exact) mass is 307 g/mol. The Morgan fingerprint density at radius 2 is 1.43 bits per heavy atom. The molecular weight excluding hydrogens is 282 g/mol. The zero-order valence-electron chi connectivity index (χ0n) is 13.5. The van der Waals surface area contributed by atoms with E-state index in [1.807, 2.05) is 30.3 Å². The van der Waals surface area contributed by atoms with Gasteiger partial charge >= 0.3 is 0 Å². The highest BCUT2D eigenvalue weighted by atomic mass is 16.3. The summed E-state index contributed by atoms with van der Waals surface area (Å²) in [5.41, 5.74) is 2.53.